The van der Waals surface area contributed by atoms with E-state index < -0.39 is 5.60 Å². The van der Waals surface area contributed by atoms with Crippen LogP contribution in [-0.2, 0) is 4.79 Å². The van der Waals surface area contributed by atoms with Gasteiger partial charge in [-0.3, -0.25) is 4.79 Å². The van der Waals surface area contributed by atoms with Crippen molar-refractivity contribution in [3.63, 3.8) is 0 Å². The summed E-state index contributed by atoms with van der Waals surface area (Å²) in [6, 6.07) is 0. The van der Waals surface area contributed by atoms with Crippen molar-refractivity contribution in [2.45, 2.75) is 71.3 Å². The van der Waals surface area contributed by atoms with Gasteiger partial charge in [-0.25, -0.2) is 0 Å². The Labute approximate surface area is 111 Å². The minimum atomic E-state index is -0.733. The third-order valence-electron chi connectivity index (χ3n) is 4.52. The molecule has 3 heteroatoms. The lowest BCUT2D eigenvalue weighted by atomic mass is 9.93. The van der Waals surface area contributed by atoms with Crippen LogP contribution in [0.15, 0.2) is 0 Å². The van der Waals surface area contributed by atoms with E-state index in [1.165, 1.54) is 25.7 Å². The summed E-state index contributed by atoms with van der Waals surface area (Å²) in [5.41, 5.74) is -0.733. The minimum Gasteiger partial charge on any atom is -0.388 e. The SMILES string of the molecule is CCC(O)(CC)CNC(=O)C(C)CC1CCCC1. The van der Waals surface area contributed by atoms with Gasteiger partial charge in [-0.2, -0.15) is 0 Å². The van der Waals surface area contributed by atoms with Gasteiger partial charge < -0.3 is 10.4 Å². The van der Waals surface area contributed by atoms with Crippen LogP contribution >= 0.6 is 0 Å². The highest BCUT2D eigenvalue weighted by Crippen LogP contribution is 2.30. The molecule has 0 aliphatic heterocycles. The second kappa shape index (κ2) is 7.13. The second-order valence-corrected chi connectivity index (χ2v) is 5.94. The van der Waals surface area contributed by atoms with E-state index in [4.69, 9.17) is 0 Å². The first-order valence-corrected chi connectivity index (χ1v) is 7.51. The van der Waals surface area contributed by atoms with Crippen molar-refractivity contribution in [1.82, 2.24) is 5.32 Å². The van der Waals surface area contributed by atoms with E-state index in [0.29, 0.717) is 19.4 Å². The van der Waals surface area contributed by atoms with Gasteiger partial charge in [-0.1, -0.05) is 46.5 Å². The molecule has 1 aliphatic rings. The van der Waals surface area contributed by atoms with Crippen LogP contribution in [0.25, 0.3) is 0 Å². The van der Waals surface area contributed by atoms with Gasteiger partial charge in [0.1, 0.15) is 0 Å². The average molecular weight is 255 g/mol. The fourth-order valence-electron chi connectivity index (χ4n) is 2.78. The lowest BCUT2D eigenvalue weighted by Gasteiger charge is -2.26. The van der Waals surface area contributed by atoms with Crippen LogP contribution in [0.3, 0.4) is 0 Å². The molecule has 106 valence electrons. The molecular weight excluding hydrogens is 226 g/mol. The number of nitrogens with one attached hydrogen (secondary N) is 1. The Bertz CT molecular complexity index is 255. The largest absolute Gasteiger partial charge is 0.388 e. The zero-order chi connectivity index (χ0) is 13.6. The molecule has 3 nitrogen and oxygen atoms in total. The van der Waals surface area contributed by atoms with Gasteiger partial charge in [0.15, 0.2) is 0 Å². The molecule has 0 radical (unpaired) electrons. The maximum Gasteiger partial charge on any atom is 0.222 e. The van der Waals surface area contributed by atoms with Gasteiger partial charge in [-0.15, -0.1) is 0 Å². The fraction of sp³-hybridized carbons (Fsp3) is 0.933. The number of carbonyl (C=O) groups is 1. The van der Waals surface area contributed by atoms with Crippen LogP contribution in [0.1, 0.15) is 65.7 Å². The van der Waals surface area contributed by atoms with Gasteiger partial charge in [0.05, 0.1) is 5.60 Å². The number of rotatable bonds is 7. The lowest BCUT2D eigenvalue weighted by molar-refractivity contribution is -0.126. The van der Waals surface area contributed by atoms with Gasteiger partial charge in [-0.05, 0) is 25.2 Å². The molecule has 1 aliphatic carbocycles. The number of hydrogen-bond acceptors (Lipinski definition) is 2. The van der Waals surface area contributed by atoms with Crippen molar-refractivity contribution in [3.8, 4) is 0 Å². The highest BCUT2D eigenvalue weighted by Gasteiger charge is 2.25. The van der Waals surface area contributed by atoms with E-state index >= 15 is 0 Å². The number of amides is 1. The van der Waals surface area contributed by atoms with Crippen molar-refractivity contribution < 1.29 is 9.90 Å². The Morgan fingerprint density at radius 1 is 1.33 bits per heavy atom. The third kappa shape index (κ3) is 4.60. The van der Waals surface area contributed by atoms with Crippen LogP contribution in [0, 0.1) is 11.8 Å². The van der Waals surface area contributed by atoms with E-state index in [9.17, 15) is 9.90 Å². The number of carbonyl (C=O) groups excluding carboxylic acids is 1. The molecular formula is C15H29NO2. The maximum atomic E-state index is 12.0. The Hall–Kier alpha value is -0.570. The predicted molar refractivity (Wildman–Crippen MR) is 74.3 cm³/mol. The van der Waals surface area contributed by atoms with Crippen LogP contribution in [0.4, 0.5) is 0 Å². The molecule has 2 N–H and O–H groups in total. The minimum absolute atomic E-state index is 0.0751. The Morgan fingerprint density at radius 2 is 1.89 bits per heavy atom. The normalized spacial score (nSPS) is 18.9. The van der Waals surface area contributed by atoms with Crippen LogP contribution < -0.4 is 5.32 Å². The molecule has 0 heterocycles. The summed E-state index contributed by atoms with van der Waals surface area (Å²) in [7, 11) is 0. The zero-order valence-corrected chi connectivity index (χ0v) is 12.2. The monoisotopic (exact) mass is 255 g/mol. The lowest BCUT2D eigenvalue weighted by Crippen LogP contribution is -2.43. The molecule has 0 saturated heterocycles. The predicted octanol–water partition coefficient (Wildman–Crippen LogP) is 2.87. The molecule has 1 rings (SSSR count). The van der Waals surface area contributed by atoms with Crippen LogP contribution in [-0.4, -0.2) is 23.2 Å². The summed E-state index contributed by atoms with van der Waals surface area (Å²) in [4.78, 5) is 12.0. The Kier molecular flexibility index (Phi) is 6.13. The molecule has 0 aromatic rings. The third-order valence-corrected chi connectivity index (χ3v) is 4.52. The first kappa shape index (κ1) is 15.5. The summed E-state index contributed by atoms with van der Waals surface area (Å²) in [6.07, 6.45) is 7.58. The molecule has 1 atom stereocenters. The van der Waals surface area contributed by atoms with Gasteiger partial charge in [0.2, 0.25) is 5.91 Å². The van der Waals surface area contributed by atoms with Crippen molar-refractivity contribution in [3.05, 3.63) is 0 Å². The molecule has 0 aromatic heterocycles. The quantitative estimate of drug-likeness (QED) is 0.735. The molecule has 0 aromatic carbocycles. The average Bonchev–Trinajstić information content (AvgIpc) is 2.88. The summed E-state index contributed by atoms with van der Waals surface area (Å²) < 4.78 is 0. The van der Waals surface area contributed by atoms with Crippen molar-refractivity contribution in [2.75, 3.05) is 6.54 Å². The van der Waals surface area contributed by atoms with Gasteiger partial charge in [0, 0.05) is 12.5 Å². The first-order chi connectivity index (χ1) is 8.50. The van der Waals surface area contributed by atoms with Crippen LogP contribution in [0.5, 0.6) is 0 Å². The number of hydrogen-bond donors (Lipinski definition) is 2. The molecule has 0 bridgehead atoms. The summed E-state index contributed by atoms with van der Waals surface area (Å²) in [6.45, 7) is 6.30. The Morgan fingerprint density at radius 3 is 2.39 bits per heavy atom. The van der Waals surface area contributed by atoms with E-state index in [1.54, 1.807) is 0 Å². The van der Waals surface area contributed by atoms with E-state index in [0.717, 1.165) is 12.3 Å². The molecule has 18 heavy (non-hydrogen) atoms. The van der Waals surface area contributed by atoms with E-state index in [1.807, 2.05) is 20.8 Å². The van der Waals surface area contributed by atoms with Crippen molar-refractivity contribution in [2.24, 2.45) is 11.8 Å². The molecule has 1 amide bonds. The summed E-state index contributed by atoms with van der Waals surface area (Å²) in [5, 5.41) is 13.0. The zero-order valence-electron chi connectivity index (χ0n) is 12.2. The molecule has 1 saturated carbocycles. The van der Waals surface area contributed by atoms with Gasteiger partial charge in [0.25, 0.3) is 0 Å². The maximum absolute atomic E-state index is 12.0. The highest BCUT2D eigenvalue weighted by atomic mass is 16.3. The molecule has 1 unspecified atom stereocenters. The standard InChI is InChI=1S/C15H29NO2/c1-4-15(18,5-2)11-16-14(17)12(3)10-13-8-6-7-9-13/h12-13,18H,4-11H2,1-3H3,(H,16,17). The fourth-order valence-corrected chi connectivity index (χ4v) is 2.78. The summed E-state index contributed by atoms with van der Waals surface area (Å²) in [5.74, 6) is 0.912. The summed E-state index contributed by atoms with van der Waals surface area (Å²) >= 11 is 0. The number of aliphatic hydroxyl groups is 1. The first-order valence-electron chi connectivity index (χ1n) is 7.51. The van der Waals surface area contributed by atoms with Crippen LogP contribution in [0.2, 0.25) is 0 Å². The second-order valence-electron chi connectivity index (χ2n) is 5.94. The van der Waals surface area contributed by atoms with Crippen molar-refractivity contribution in [1.29, 1.82) is 0 Å². The highest BCUT2D eigenvalue weighted by molar-refractivity contribution is 5.78. The van der Waals surface area contributed by atoms with E-state index in [-0.39, 0.29) is 11.8 Å². The molecule has 0 spiro atoms. The topological polar surface area (TPSA) is 49.3 Å². The Balaban J connectivity index is 2.30. The van der Waals surface area contributed by atoms with E-state index in [2.05, 4.69) is 5.32 Å². The van der Waals surface area contributed by atoms with Crippen molar-refractivity contribution >= 4 is 5.91 Å². The smallest absolute Gasteiger partial charge is 0.222 e. The van der Waals surface area contributed by atoms with Gasteiger partial charge >= 0.3 is 0 Å². The molecule has 1 fully saturated rings.